The minimum Gasteiger partial charge on any atom is -0.356 e. The first kappa shape index (κ1) is 21.0. The molecule has 0 spiro atoms. The summed E-state index contributed by atoms with van der Waals surface area (Å²) in [5, 5.41) is 7.56. The van der Waals surface area contributed by atoms with E-state index >= 15 is 0 Å². The van der Waals surface area contributed by atoms with Crippen LogP contribution < -0.4 is 10.9 Å². The van der Waals surface area contributed by atoms with E-state index in [0.29, 0.717) is 29.1 Å². The summed E-state index contributed by atoms with van der Waals surface area (Å²) in [6.45, 7) is 2.61. The summed E-state index contributed by atoms with van der Waals surface area (Å²) in [5.41, 5.74) is 2.21. The monoisotopic (exact) mass is 423 g/mol. The summed E-state index contributed by atoms with van der Waals surface area (Å²) in [5.74, 6) is 0.0757. The molecule has 31 heavy (non-hydrogen) atoms. The van der Waals surface area contributed by atoms with Crippen molar-refractivity contribution in [1.29, 1.82) is 0 Å². The number of rotatable bonds is 7. The van der Waals surface area contributed by atoms with Crippen molar-refractivity contribution in [3.05, 3.63) is 64.1 Å². The highest BCUT2D eigenvalue weighted by Crippen LogP contribution is 2.19. The molecule has 0 unspecified atom stereocenters. The van der Waals surface area contributed by atoms with Crippen molar-refractivity contribution >= 4 is 16.9 Å². The normalized spacial score (nSPS) is 13.9. The lowest BCUT2D eigenvalue weighted by Crippen LogP contribution is -2.29. The second-order valence-electron chi connectivity index (χ2n) is 7.84. The number of benzene rings is 1. The van der Waals surface area contributed by atoms with Crippen molar-refractivity contribution in [3.63, 3.8) is 0 Å². The molecule has 1 aliphatic rings. The zero-order chi connectivity index (χ0) is 21.8. The standard InChI is InChI=1S/C23H26FN5O2/c1-16-27-22-20(15-26-29(22)19-9-7-18(24)8-10-19)23(31)28(16)14-12-21(30)25-13-11-17-5-3-2-4-6-17/h5,7-10,15H,2-4,6,11-14H2,1H3,(H,25,30). The maximum atomic E-state index is 13.2. The predicted octanol–water partition coefficient (Wildman–Crippen LogP) is 3.43. The van der Waals surface area contributed by atoms with Crippen LogP contribution in [0.3, 0.4) is 0 Å². The van der Waals surface area contributed by atoms with E-state index in [1.165, 1.54) is 46.0 Å². The molecule has 1 N–H and O–H groups in total. The van der Waals surface area contributed by atoms with Crippen LogP contribution in [0.2, 0.25) is 0 Å². The molecule has 7 nitrogen and oxygen atoms in total. The van der Waals surface area contributed by atoms with Gasteiger partial charge in [0, 0.05) is 19.5 Å². The molecule has 8 heteroatoms. The van der Waals surface area contributed by atoms with Crippen LogP contribution in [0.1, 0.15) is 44.3 Å². The Kier molecular flexibility index (Phi) is 6.25. The third-order valence-electron chi connectivity index (χ3n) is 5.66. The molecule has 0 bridgehead atoms. The fraction of sp³-hybridized carbons (Fsp3) is 0.391. The molecular weight excluding hydrogens is 397 g/mol. The van der Waals surface area contributed by atoms with E-state index in [4.69, 9.17) is 0 Å². The van der Waals surface area contributed by atoms with E-state index in [1.807, 2.05) is 0 Å². The van der Waals surface area contributed by atoms with Gasteiger partial charge in [-0.25, -0.2) is 14.1 Å². The second-order valence-corrected chi connectivity index (χ2v) is 7.84. The van der Waals surface area contributed by atoms with Gasteiger partial charge in [-0.05, 0) is 63.3 Å². The number of halogens is 1. The highest BCUT2D eigenvalue weighted by molar-refractivity contribution is 5.76. The van der Waals surface area contributed by atoms with Crippen molar-refractivity contribution < 1.29 is 9.18 Å². The van der Waals surface area contributed by atoms with E-state index < -0.39 is 0 Å². The van der Waals surface area contributed by atoms with Gasteiger partial charge in [0.15, 0.2) is 5.65 Å². The Bertz CT molecular complexity index is 1180. The fourth-order valence-corrected chi connectivity index (χ4v) is 3.94. The van der Waals surface area contributed by atoms with Crippen LogP contribution in [0, 0.1) is 12.7 Å². The quantitative estimate of drug-likeness (QED) is 0.591. The molecule has 0 saturated heterocycles. The summed E-state index contributed by atoms with van der Waals surface area (Å²) < 4.78 is 16.2. The number of carbonyl (C=O) groups excluding carboxylic acids is 1. The topological polar surface area (TPSA) is 81.8 Å². The Balaban J connectivity index is 1.43. The van der Waals surface area contributed by atoms with E-state index in [1.54, 1.807) is 19.1 Å². The first-order chi connectivity index (χ1) is 15.0. The smallest absolute Gasteiger partial charge is 0.264 e. The molecule has 1 aromatic carbocycles. The molecule has 2 heterocycles. The average molecular weight is 423 g/mol. The largest absolute Gasteiger partial charge is 0.356 e. The van der Waals surface area contributed by atoms with Crippen LogP contribution in [0.25, 0.3) is 16.7 Å². The van der Waals surface area contributed by atoms with E-state index in [2.05, 4.69) is 21.5 Å². The van der Waals surface area contributed by atoms with E-state index in [0.717, 1.165) is 19.3 Å². The number of hydrogen-bond acceptors (Lipinski definition) is 4. The number of aryl methyl sites for hydroxylation is 1. The number of hydrogen-bond donors (Lipinski definition) is 1. The molecule has 0 atom stereocenters. The SMILES string of the molecule is Cc1nc2c(cnn2-c2ccc(F)cc2)c(=O)n1CCC(=O)NCCC1=CCCCC1. The zero-order valence-electron chi connectivity index (χ0n) is 17.6. The molecule has 2 aromatic heterocycles. The number of amides is 1. The number of carbonyl (C=O) groups is 1. The number of fused-ring (bicyclic) bond motifs is 1. The molecule has 3 aromatic rings. The molecule has 0 fully saturated rings. The molecule has 4 rings (SSSR count). The lowest BCUT2D eigenvalue weighted by atomic mass is 9.97. The summed E-state index contributed by atoms with van der Waals surface area (Å²) in [7, 11) is 0. The molecule has 162 valence electrons. The van der Waals surface area contributed by atoms with Gasteiger partial charge in [0.1, 0.15) is 17.0 Å². The van der Waals surface area contributed by atoms with Crippen molar-refractivity contribution in [3.8, 4) is 5.69 Å². The Hall–Kier alpha value is -3.29. The van der Waals surface area contributed by atoms with Crippen LogP contribution in [0.4, 0.5) is 4.39 Å². The summed E-state index contributed by atoms with van der Waals surface area (Å²) in [4.78, 5) is 29.7. The molecule has 0 aliphatic heterocycles. The minimum absolute atomic E-state index is 0.0789. The van der Waals surface area contributed by atoms with Crippen LogP contribution in [-0.4, -0.2) is 31.8 Å². The number of nitrogens with one attached hydrogen (secondary N) is 1. The van der Waals surface area contributed by atoms with Crippen molar-refractivity contribution in [2.75, 3.05) is 6.54 Å². The predicted molar refractivity (Wildman–Crippen MR) is 117 cm³/mol. The molecule has 1 amide bonds. The number of nitrogens with zero attached hydrogens (tertiary/aromatic N) is 4. The van der Waals surface area contributed by atoms with Crippen LogP contribution >= 0.6 is 0 Å². The molecule has 0 saturated carbocycles. The van der Waals surface area contributed by atoms with Gasteiger partial charge >= 0.3 is 0 Å². The van der Waals surface area contributed by atoms with Crippen molar-refractivity contribution in [1.82, 2.24) is 24.6 Å². The summed E-state index contributed by atoms with van der Waals surface area (Å²) >= 11 is 0. The summed E-state index contributed by atoms with van der Waals surface area (Å²) in [6, 6.07) is 5.83. The first-order valence-electron chi connectivity index (χ1n) is 10.7. The Labute approximate surface area is 179 Å². The van der Waals surface area contributed by atoms with Gasteiger partial charge in [-0.3, -0.25) is 14.2 Å². The van der Waals surface area contributed by atoms with Gasteiger partial charge in [-0.2, -0.15) is 5.10 Å². The van der Waals surface area contributed by atoms with Crippen LogP contribution in [0.15, 0.2) is 46.9 Å². The Morgan fingerprint density at radius 1 is 1.23 bits per heavy atom. The van der Waals surface area contributed by atoms with Crippen LogP contribution in [0.5, 0.6) is 0 Å². The van der Waals surface area contributed by atoms with Gasteiger partial charge < -0.3 is 5.32 Å². The summed E-state index contributed by atoms with van der Waals surface area (Å²) in [6.07, 6.45) is 9.59. The average Bonchev–Trinajstić information content (AvgIpc) is 3.19. The number of aromatic nitrogens is 4. The minimum atomic E-state index is -0.347. The van der Waals surface area contributed by atoms with E-state index in [9.17, 15) is 14.0 Å². The third-order valence-corrected chi connectivity index (χ3v) is 5.66. The molecular formula is C23H26FN5O2. The highest BCUT2D eigenvalue weighted by Gasteiger charge is 2.15. The van der Waals surface area contributed by atoms with Gasteiger partial charge in [0.25, 0.3) is 5.56 Å². The Morgan fingerprint density at radius 2 is 2.03 bits per heavy atom. The third kappa shape index (κ3) is 4.73. The lowest BCUT2D eigenvalue weighted by molar-refractivity contribution is -0.121. The first-order valence-corrected chi connectivity index (χ1v) is 10.7. The fourth-order valence-electron chi connectivity index (χ4n) is 3.94. The van der Waals surface area contributed by atoms with Gasteiger partial charge in [0.2, 0.25) is 5.91 Å². The maximum absolute atomic E-state index is 13.2. The lowest BCUT2D eigenvalue weighted by Gasteiger charge is -2.13. The van der Waals surface area contributed by atoms with Crippen molar-refractivity contribution in [2.24, 2.45) is 0 Å². The van der Waals surface area contributed by atoms with Gasteiger partial charge in [0.05, 0.1) is 11.9 Å². The Morgan fingerprint density at radius 3 is 2.77 bits per heavy atom. The molecule has 1 aliphatic carbocycles. The maximum Gasteiger partial charge on any atom is 0.264 e. The van der Waals surface area contributed by atoms with Gasteiger partial charge in [-0.1, -0.05) is 11.6 Å². The highest BCUT2D eigenvalue weighted by atomic mass is 19.1. The molecule has 0 radical (unpaired) electrons. The zero-order valence-corrected chi connectivity index (χ0v) is 17.6. The van der Waals surface area contributed by atoms with Crippen LogP contribution in [-0.2, 0) is 11.3 Å². The second kappa shape index (κ2) is 9.24. The van der Waals surface area contributed by atoms with Crippen molar-refractivity contribution in [2.45, 2.75) is 52.0 Å². The number of allylic oxidation sites excluding steroid dienone is 1. The van der Waals surface area contributed by atoms with E-state index in [-0.39, 0.29) is 30.2 Å². The van der Waals surface area contributed by atoms with Gasteiger partial charge in [-0.15, -0.1) is 0 Å².